The number of aromatic hydroxyl groups is 2. The summed E-state index contributed by atoms with van der Waals surface area (Å²) in [5.41, 5.74) is 9.27. The molecule has 21 heteroatoms. The molecule has 21 nitrogen and oxygen atoms in total. The molecule has 0 unspecified atom stereocenters. The number of nitrogens with two attached hydrogens (primary N) is 1. The smallest absolute Gasteiger partial charge is 0.289 e. The van der Waals surface area contributed by atoms with Crippen molar-refractivity contribution in [3.8, 4) is 40.1 Å². The highest BCUT2D eigenvalue weighted by Crippen LogP contribution is 2.39. The molecule has 6 heterocycles. The van der Waals surface area contributed by atoms with Gasteiger partial charge >= 0.3 is 0 Å². The Balaban J connectivity index is 0.754. The number of nitrogens with zero attached hydrogens (tertiary/aromatic N) is 11. The second-order valence-corrected chi connectivity index (χ2v) is 18.3. The van der Waals surface area contributed by atoms with Crippen molar-refractivity contribution >= 4 is 40.4 Å². The predicted octanol–water partition coefficient (Wildman–Crippen LogP) is 3.94. The van der Waals surface area contributed by atoms with Crippen LogP contribution < -0.4 is 31.5 Å². The third kappa shape index (κ3) is 10.3. The zero-order valence-electron chi connectivity index (χ0n) is 40.5. The zero-order valence-corrected chi connectivity index (χ0v) is 40.5. The molecule has 2 saturated heterocycles. The van der Waals surface area contributed by atoms with Gasteiger partial charge in [0.1, 0.15) is 22.8 Å². The average molecular weight is 969 g/mol. The Labute approximate surface area is 410 Å². The number of rotatable bonds is 15. The number of anilines is 2. The van der Waals surface area contributed by atoms with Gasteiger partial charge in [-0.15, -0.1) is 10.2 Å². The predicted molar refractivity (Wildman–Crippen MR) is 264 cm³/mol. The van der Waals surface area contributed by atoms with E-state index in [0.29, 0.717) is 79.7 Å². The molecule has 0 aliphatic carbocycles. The van der Waals surface area contributed by atoms with Crippen molar-refractivity contribution in [3.05, 3.63) is 89.1 Å². The van der Waals surface area contributed by atoms with Gasteiger partial charge in [0.2, 0.25) is 23.3 Å². The summed E-state index contributed by atoms with van der Waals surface area (Å²) in [7, 11) is 1.57. The Bertz CT molecular complexity index is 2990. The van der Waals surface area contributed by atoms with E-state index in [-0.39, 0.29) is 58.0 Å². The first kappa shape index (κ1) is 48.4. The van der Waals surface area contributed by atoms with E-state index in [4.69, 9.17) is 20.2 Å². The second-order valence-electron chi connectivity index (χ2n) is 18.3. The highest BCUT2D eigenvalue weighted by Gasteiger charge is 2.31. The summed E-state index contributed by atoms with van der Waals surface area (Å²) in [6.45, 7) is 13.9. The molecule has 3 aliphatic rings. The quantitative estimate of drug-likeness (QED) is 0.0914. The Morgan fingerprint density at radius 2 is 1.68 bits per heavy atom. The molecule has 0 saturated carbocycles. The van der Waals surface area contributed by atoms with Gasteiger partial charge in [0, 0.05) is 94.4 Å². The third-order valence-corrected chi connectivity index (χ3v) is 13.3. The van der Waals surface area contributed by atoms with Crippen LogP contribution in [0.4, 0.5) is 11.8 Å². The van der Waals surface area contributed by atoms with Gasteiger partial charge in [-0.05, 0) is 86.7 Å². The Morgan fingerprint density at radius 1 is 0.930 bits per heavy atom. The number of hydrogen-bond acceptors (Lipinski definition) is 16. The number of piperidine rings is 1. The minimum absolute atomic E-state index is 0.00798. The zero-order chi connectivity index (χ0) is 49.8. The number of phenolic OH excluding ortho intramolecular Hbond substituents is 2. The van der Waals surface area contributed by atoms with E-state index in [1.807, 2.05) is 66.6 Å². The number of nitrogen functional groups attached to an aromatic ring is 1. The maximum absolute atomic E-state index is 13.7. The number of likely N-dealkylation sites (tertiary alicyclic amines) is 1. The van der Waals surface area contributed by atoms with E-state index in [9.17, 15) is 24.6 Å². The number of carbonyl (C=O) groups excluding carboxylic acids is 3. The number of phenols is 2. The molecule has 3 aromatic heterocycles. The van der Waals surface area contributed by atoms with Gasteiger partial charge in [-0.25, -0.2) is 15.0 Å². The SMILES string of the molecule is CCNC(=O)c1nnc(-c2cc(C(C)C)c(O)cc2O)n1-c1ccc(CN2CCC(C(=O)N3CCN(CCCOc4ccc5c6n(c(=NC(=O)c7cnc(N)nc7)nc5c4OC)CCN6)CC3)CC2)cc1. The summed E-state index contributed by atoms with van der Waals surface area (Å²) in [5, 5.41) is 36.9. The minimum atomic E-state index is -0.540. The van der Waals surface area contributed by atoms with E-state index >= 15 is 0 Å². The van der Waals surface area contributed by atoms with Crippen LogP contribution in [0, 0.1) is 5.92 Å². The van der Waals surface area contributed by atoms with E-state index in [1.54, 1.807) is 17.7 Å². The van der Waals surface area contributed by atoms with Crippen molar-refractivity contribution in [2.45, 2.75) is 59.0 Å². The summed E-state index contributed by atoms with van der Waals surface area (Å²) in [5.74, 6) is 1.29. The van der Waals surface area contributed by atoms with Crippen LogP contribution in [0.5, 0.6) is 23.0 Å². The van der Waals surface area contributed by atoms with Gasteiger partial charge in [-0.2, -0.15) is 4.99 Å². The highest BCUT2D eigenvalue weighted by molar-refractivity contribution is 5.97. The molecule has 3 aliphatic heterocycles. The molecule has 9 rings (SSSR count). The maximum atomic E-state index is 13.7. The number of piperazine rings is 1. The van der Waals surface area contributed by atoms with Crippen molar-refractivity contribution in [1.29, 1.82) is 0 Å². The summed E-state index contributed by atoms with van der Waals surface area (Å²) in [4.78, 5) is 63.6. The first-order chi connectivity index (χ1) is 34.4. The molecular weight excluding hydrogens is 909 g/mol. The van der Waals surface area contributed by atoms with Crippen molar-refractivity contribution in [2.75, 3.05) is 83.7 Å². The fourth-order valence-electron chi connectivity index (χ4n) is 9.54. The fraction of sp³-hybridized carbons (Fsp3) is 0.420. The number of amides is 3. The first-order valence-corrected chi connectivity index (χ1v) is 24.2. The van der Waals surface area contributed by atoms with Gasteiger partial charge in [-0.1, -0.05) is 26.0 Å². The number of nitrogens with one attached hydrogen (secondary N) is 2. The number of aromatic nitrogens is 7. The molecule has 0 radical (unpaired) electrons. The number of hydrogen-bond donors (Lipinski definition) is 5. The standard InChI is InChI=1S/C50H60N14O7/c1-5-52-47(68)45-59-58-44(37-25-36(30(2)3)38(65)26-39(37)66)64(45)34-9-7-31(8-10-34)29-61-17-13-32(14-18-61)48(69)62-22-20-60(21-23-62)16-6-24-71-40-12-11-35-41(42(40)70-4)56-50(63-19-15-53-43(35)63)57-46(67)33-27-54-49(51)55-28-33/h7-12,25-28,30,32,53,65-66H,5-6,13-24,29H2,1-4H3,(H,52,68)(H2,51,54,55). The van der Waals surface area contributed by atoms with Gasteiger partial charge in [0.05, 0.1) is 24.8 Å². The van der Waals surface area contributed by atoms with E-state index in [0.717, 1.165) is 68.8 Å². The molecule has 3 aromatic carbocycles. The topological polar surface area (TPSA) is 257 Å². The lowest BCUT2D eigenvalue weighted by molar-refractivity contribution is -0.139. The summed E-state index contributed by atoms with van der Waals surface area (Å²) >= 11 is 0. The molecule has 0 bridgehead atoms. The maximum Gasteiger partial charge on any atom is 0.289 e. The monoisotopic (exact) mass is 968 g/mol. The number of carbonyl (C=O) groups is 3. The lowest BCUT2D eigenvalue weighted by Crippen LogP contribution is -2.51. The van der Waals surface area contributed by atoms with Gasteiger partial charge in [0.25, 0.3) is 11.8 Å². The fourth-order valence-corrected chi connectivity index (χ4v) is 9.54. The third-order valence-electron chi connectivity index (χ3n) is 13.3. The lowest BCUT2D eigenvalue weighted by Gasteiger charge is -2.38. The summed E-state index contributed by atoms with van der Waals surface area (Å²) in [6.07, 6.45) is 5.03. The van der Waals surface area contributed by atoms with Crippen LogP contribution in [-0.4, -0.2) is 150 Å². The van der Waals surface area contributed by atoms with E-state index in [1.165, 1.54) is 18.5 Å². The lowest BCUT2D eigenvalue weighted by atomic mass is 9.94. The van der Waals surface area contributed by atoms with Crippen LogP contribution in [0.1, 0.15) is 78.1 Å². The number of methoxy groups -OCH3 is 1. The highest BCUT2D eigenvalue weighted by atomic mass is 16.5. The van der Waals surface area contributed by atoms with E-state index in [2.05, 4.69) is 45.6 Å². The van der Waals surface area contributed by atoms with Crippen LogP contribution in [0.25, 0.3) is 28.0 Å². The van der Waals surface area contributed by atoms with Gasteiger partial charge < -0.3 is 41.0 Å². The molecule has 372 valence electrons. The minimum Gasteiger partial charge on any atom is -0.508 e. The van der Waals surface area contributed by atoms with Crippen LogP contribution in [0.2, 0.25) is 0 Å². The second kappa shape index (κ2) is 21.1. The molecular formula is C50H60N14O7. The van der Waals surface area contributed by atoms with Crippen molar-refractivity contribution in [3.63, 3.8) is 0 Å². The summed E-state index contributed by atoms with van der Waals surface area (Å²) < 4.78 is 15.6. The molecule has 0 atom stereocenters. The molecule has 6 aromatic rings. The van der Waals surface area contributed by atoms with Crippen LogP contribution in [-0.2, 0) is 17.9 Å². The number of fused-ring (bicyclic) bond motifs is 3. The van der Waals surface area contributed by atoms with E-state index < -0.39 is 11.8 Å². The molecule has 6 N–H and O–H groups in total. The largest absolute Gasteiger partial charge is 0.508 e. The molecule has 71 heavy (non-hydrogen) atoms. The van der Waals surface area contributed by atoms with Crippen LogP contribution in [0.15, 0.2) is 65.9 Å². The first-order valence-electron chi connectivity index (χ1n) is 24.2. The van der Waals surface area contributed by atoms with Crippen LogP contribution in [0.3, 0.4) is 0 Å². The van der Waals surface area contributed by atoms with Crippen molar-refractivity contribution in [2.24, 2.45) is 10.9 Å². The summed E-state index contributed by atoms with van der Waals surface area (Å²) in [6, 6.07) is 14.7. The van der Waals surface area contributed by atoms with Crippen molar-refractivity contribution in [1.82, 2.24) is 54.3 Å². The normalized spacial score (nSPS) is 15.8. The Morgan fingerprint density at radius 3 is 2.38 bits per heavy atom. The Hall–Kier alpha value is -7.65. The van der Waals surface area contributed by atoms with Crippen LogP contribution >= 0.6 is 0 Å². The molecule has 3 amide bonds. The molecule has 2 fully saturated rings. The number of ether oxygens (including phenoxy) is 2. The Kier molecular flexibility index (Phi) is 14.4. The number of benzene rings is 3. The molecule has 0 spiro atoms. The van der Waals surface area contributed by atoms with Gasteiger partial charge in [-0.3, -0.25) is 33.3 Å². The average Bonchev–Trinajstić information content (AvgIpc) is 4.05. The van der Waals surface area contributed by atoms with Gasteiger partial charge in [0.15, 0.2) is 17.3 Å². The van der Waals surface area contributed by atoms with Crippen molar-refractivity contribution < 1.29 is 34.1 Å².